The molecule has 0 amide bonds. The molecule has 4 atom stereocenters. The maximum absolute atomic E-state index is 13.6. The topological polar surface area (TPSA) is 51.2 Å². The van der Waals surface area contributed by atoms with Gasteiger partial charge in [-0.1, -0.05) is 70.8 Å². The third-order valence-corrected chi connectivity index (χ3v) is 9.12. The summed E-state index contributed by atoms with van der Waals surface area (Å²) in [6, 6.07) is 0. The van der Waals surface area contributed by atoms with Crippen molar-refractivity contribution in [3.05, 3.63) is 11.1 Å². The first-order valence-electron chi connectivity index (χ1n) is 15.2. The highest BCUT2D eigenvalue weighted by Crippen LogP contribution is 2.38. The Bertz CT molecular complexity index is 733. The van der Waals surface area contributed by atoms with Crippen molar-refractivity contribution in [2.45, 2.75) is 149 Å². The summed E-state index contributed by atoms with van der Waals surface area (Å²) in [5, 5.41) is 0. The largest absolute Gasteiger partial charge is 0.300 e. The summed E-state index contributed by atoms with van der Waals surface area (Å²) in [5.74, 6) is 2.28. The van der Waals surface area contributed by atoms with Crippen LogP contribution in [0.4, 0.5) is 0 Å². The first-order valence-corrected chi connectivity index (χ1v) is 15.2. The average Bonchev–Trinajstić information content (AvgIpc) is 2.85. The van der Waals surface area contributed by atoms with E-state index in [0.29, 0.717) is 48.4 Å². The summed E-state index contributed by atoms with van der Waals surface area (Å²) >= 11 is 0. The smallest absolute Gasteiger partial charge is 0.159 e. The van der Waals surface area contributed by atoms with Crippen LogP contribution in [-0.2, 0) is 14.4 Å². The van der Waals surface area contributed by atoms with Gasteiger partial charge in [0.25, 0.3) is 0 Å². The minimum atomic E-state index is 0.0362. The van der Waals surface area contributed by atoms with Gasteiger partial charge >= 0.3 is 0 Å². The van der Waals surface area contributed by atoms with Gasteiger partial charge in [-0.25, -0.2) is 0 Å². The zero-order valence-corrected chi connectivity index (χ0v) is 22.9. The molecule has 0 N–H and O–H groups in total. The Morgan fingerprint density at radius 3 is 1.83 bits per heavy atom. The number of rotatable bonds is 1. The average molecular weight is 485 g/mol. The van der Waals surface area contributed by atoms with Crippen LogP contribution in [0.15, 0.2) is 11.1 Å². The van der Waals surface area contributed by atoms with Crippen LogP contribution in [0.5, 0.6) is 0 Å². The third kappa shape index (κ3) is 9.29. The molecule has 3 nitrogen and oxygen atoms in total. The molecule has 0 spiro atoms. The van der Waals surface area contributed by atoms with Crippen molar-refractivity contribution in [1.82, 2.24) is 0 Å². The van der Waals surface area contributed by atoms with Gasteiger partial charge in [0.05, 0.1) is 0 Å². The normalized spacial score (nSPS) is 32.2. The summed E-state index contributed by atoms with van der Waals surface area (Å²) in [5.41, 5.74) is 2.60. The SMILES string of the molecule is CC1CC(=O)C2=C(CCCCC(C3C(=O)CCCCCCCCCCC(=O)CC3C)CCCC2)C1. The summed E-state index contributed by atoms with van der Waals surface area (Å²) in [7, 11) is 0. The highest BCUT2D eigenvalue weighted by Gasteiger charge is 2.33. The lowest BCUT2D eigenvalue weighted by atomic mass is 9.72. The highest BCUT2D eigenvalue weighted by molar-refractivity contribution is 5.97. The van der Waals surface area contributed by atoms with Gasteiger partial charge in [-0.05, 0) is 81.1 Å². The zero-order chi connectivity index (χ0) is 25.0. The number of Topliss-reactive ketones (excluding diaryl/α,β-unsaturated/α-hetero) is 3. The highest BCUT2D eigenvalue weighted by atomic mass is 16.1. The van der Waals surface area contributed by atoms with Gasteiger partial charge in [-0.2, -0.15) is 0 Å². The number of hydrogen-bond acceptors (Lipinski definition) is 3. The molecule has 1 fully saturated rings. The summed E-state index contributed by atoms with van der Waals surface area (Å²) in [6.07, 6.45) is 21.8. The summed E-state index contributed by atoms with van der Waals surface area (Å²) < 4.78 is 0. The second kappa shape index (κ2) is 15.1. The standard InChI is InChI=1S/C32H52O3/c1-24-21-27-17-12-11-15-26(16-13-14-19-29(27)31(35)22-24)32-25(2)23-28(33)18-9-7-5-3-4-6-8-10-20-30(32)34/h24-26,32H,3-23H2,1-2H3. The molecule has 0 radical (unpaired) electrons. The molecule has 0 aromatic carbocycles. The van der Waals surface area contributed by atoms with Crippen molar-refractivity contribution < 1.29 is 14.4 Å². The van der Waals surface area contributed by atoms with E-state index in [1.165, 1.54) is 44.1 Å². The van der Waals surface area contributed by atoms with Crippen LogP contribution in [0.25, 0.3) is 0 Å². The van der Waals surface area contributed by atoms with Gasteiger partial charge < -0.3 is 0 Å². The number of carbonyl (C=O) groups excluding carboxylic acids is 3. The van der Waals surface area contributed by atoms with Crippen LogP contribution in [0, 0.1) is 23.7 Å². The van der Waals surface area contributed by atoms with Crippen molar-refractivity contribution >= 4 is 17.3 Å². The lowest BCUT2D eigenvalue weighted by molar-refractivity contribution is -0.128. The fourth-order valence-electron chi connectivity index (χ4n) is 7.26. The number of ketones is 3. The number of carbonyl (C=O) groups is 3. The van der Waals surface area contributed by atoms with Crippen molar-refractivity contribution in [2.24, 2.45) is 23.7 Å². The molecule has 3 aliphatic rings. The molecule has 0 heterocycles. The van der Waals surface area contributed by atoms with Crippen LogP contribution in [0.1, 0.15) is 149 Å². The molecule has 0 aliphatic heterocycles. The maximum atomic E-state index is 13.6. The summed E-state index contributed by atoms with van der Waals surface area (Å²) in [6.45, 7) is 4.40. The molecule has 3 aliphatic carbocycles. The molecule has 3 heteroatoms. The van der Waals surface area contributed by atoms with E-state index in [1.54, 1.807) is 0 Å². The van der Waals surface area contributed by atoms with Crippen molar-refractivity contribution in [2.75, 3.05) is 0 Å². The van der Waals surface area contributed by atoms with Crippen molar-refractivity contribution in [3.8, 4) is 0 Å². The predicted molar refractivity (Wildman–Crippen MR) is 144 cm³/mol. The van der Waals surface area contributed by atoms with Gasteiger partial charge in [0.15, 0.2) is 5.78 Å². The van der Waals surface area contributed by atoms with Gasteiger partial charge in [0.2, 0.25) is 0 Å². The number of allylic oxidation sites excluding steroid dienone is 2. The van der Waals surface area contributed by atoms with Crippen LogP contribution in [-0.4, -0.2) is 17.3 Å². The molecule has 0 aromatic heterocycles. The van der Waals surface area contributed by atoms with Gasteiger partial charge in [0, 0.05) is 31.6 Å². The lowest BCUT2D eigenvalue weighted by Crippen LogP contribution is -2.31. The molecular formula is C32H52O3. The minimum Gasteiger partial charge on any atom is -0.300 e. The molecular weight excluding hydrogens is 432 g/mol. The Kier molecular flexibility index (Phi) is 12.2. The molecule has 0 bridgehead atoms. The molecule has 35 heavy (non-hydrogen) atoms. The maximum Gasteiger partial charge on any atom is 0.159 e. The molecule has 4 unspecified atom stereocenters. The zero-order valence-electron chi connectivity index (χ0n) is 22.9. The van der Waals surface area contributed by atoms with Gasteiger partial charge in [-0.15, -0.1) is 0 Å². The van der Waals surface area contributed by atoms with Crippen molar-refractivity contribution in [1.29, 1.82) is 0 Å². The second-order valence-electron chi connectivity index (χ2n) is 12.3. The van der Waals surface area contributed by atoms with E-state index in [4.69, 9.17) is 0 Å². The second-order valence-corrected chi connectivity index (χ2v) is 12.3. The van der Waals surface area contributed by atoms with Gasteiger partial charge in [-0.3, -0.25) is 14.4 Å². The Balaban J connectivity index is 1.68. The minimum absolute atomic E-state index is 0.0362. The van der Waals surface area contributed by atoms with Crippen LogP contribution >= 0.6 is 0 Å². The molecule has 0 saturated heterocycles. The predicted octanol–water partition coefficient (Wildman–Crippen LogP) is 8.73. The van der Waals surface area contributed by atoms with E-state index >= 15 is 0 Å². The van der Waals surface area contributed by atoms with Crippen LogP contribution < -0.4 is 0 Å². The Hall–Kier alpha value is -1.25. The van der Waals surface area contributed by atoms with E-state index < -0.39 is 0 Å². The Labute approximate surface area is 215 Å². The Morgan fingerprint density at radius 2 is 1.14 bits per heavy atom. The van der Waals surface area contributed by atoms with E-state index in [0.717, 1.165) is 82.6 Å². The number of hydrogen-bond donors (Lipinski definition) is 0. The first kappa shape index (κ1) is 28.3. The molecule has 0 aromatic rings. The van der Waals surface area contributed by atoms with E-state index in [1.807, 2.05) is 0 Å². The van der Waals surface area contributed by atoms with Crippen molar-refractivity contribution in [3.63, 3.8) is 0 Å². The molecule has 198 valence electrons. The third-order valence-electron chi connectivity index (χ3n) is 9.12. The van der Waals surface area contributed by atoms with E-state index in [-0.39, 0.29) is 11.8 Å². The van der Waals surface area contributed by atoms with Gasteiger partial charge in [0.1, 0.15) is 11.6 Å². The fraction of sp³-hybridized carbons (Fsp3) is 0.844. The van der Waals surface area contributed by atoms with Crippen LogP contribution in [0.3, 0.4) is 0 Å². The summed E-state index contributed by atoms with van der Waals surface area (Å²) in [4.78, 5) is 39.1. The van der Waals surface area contributed by atoms with Crippen LogP contribution in [0.2, 0.25) is 0 Å². The monoisotopic (exact) mass is 484 g/mol. The lowest BCUT2D eigenvalue weighted by Gasteiger charge is -2.31. The quantitative estimate of drug-likeness (QED) is 0.374. The van der Waals surface area contributed by atoms with E-state index in [9.17, 15) is 14.4 Å². The van der Waals surface area contributed by atoms with E-state index in [2.05, 4.69) is 13.8 Å². The molecule has 1 saturated carbocycles. The molecule has 3 rings (SSSR count). The first-order chi connectivity index (χ1) is 17.0. The Morgan fingerprint density at radius 1 is 0.571 bits per heavy atom. The fourth-order valence-corrected chi connectivity index (χ4v) is 7.26.